The van der Waals surface area contributed by atoms with Gasteiger partial charge >= 0.3 is 6.03 Å². The zero-order valence-electron chi connectivity index (χ0n) is 32.6. The summed E-state index contributed by atoms with van der Waals surface area (Å²) in [5.41, 5.74) is -1.82. The molecule has 13 heteroatoms. The van der Waals surface area contributed by atoms with Gasteiger partial charge < -0.3 is 26.2 Å². The number of urea groups is 1. The van der Waals surface area contributed by atoms with Crippen LogP contribution in [0.4, 0.5) is 4.79 Å². The van der Waals surface area contributed by atoms with E-state index < -0.39 is 61.3 Å². The molecule has 290 valence electrons. The van der Waals surface area contributed by atoms with Crippen LogP contribution in [0.5, 0.6) is 0 Å². The van der Waals surface area contributed by atoms with Crippen molar-refractivity contribution >= 4 is 39.4 Å². The second-order valence-electron chi connectivity index (χ2n) is 17.9. The van der Waals surface area contributed by atoms with Crippen LogP contribution in [0.15, 0.2) is 12.7 Å². The third-order valence-electron chi connectivity index (χ3n) is 11.5. The number of fused-ring (bicyclic) bond motifs is 1. The van der Waals surface area contributed by atoms with Gasteiger partial charge in [0.2, 0.25) is 17.6 Å². The third kappa shape index (κ3) is 10.1. The lowest BCUT2D eigenvalue weighted by Crippen LogP contribution is -2.63. The topological polar surface area (TPSA) is 171 Å². The molecule has 12 nitrogen and oxygen atoms in total. The van der Waals surface area contributed by atoms with Gasteiger partial charge in [0.25, 0.3) is 5.91 Å². The first-order valence-electron chi connectivity index (χ1n) is 18.8. The predicted molar refractivity (Wildman–Crippen MR) is 199 cm³/mol. The molecular formula is C38H65N5O7S. The lowest BCUT2D eigenvalue weighted by atomic mass is 9.79. The highest BCUT2D eigenvalue weighted by molar-refractivity contribution is 7.92. The Morgan fingerprint density at radius 1 is 0.961 bits per heavy atom. The van der Waals surface area contributed by atoms with Crippen LogP contribution in [0.2, 0.25) is 0 Å². The molecule has 0 aromatic carbocycles. The van der Waals surface area contributed by atoms with Gasteiger partial charge in [-0.1, -0.05) is 73.3 Å². The molecule has 3 rings (SSSR count). The van der Waals surface area contributed by atoms with Gasteiger partial charge in [0.05, 0.1) is 16.0 Å². The lowest BCUT2D eigenvalue weighted by molar-refractivity contribution is -0.143. The molecule has 4 N–H and O–H groups in total. The standard InChI is InChI=1S/C38H65N5O7S/c1-11-16-25(29(44)32(46)39-21-12-2)22-40-31(45)28-26-17-20-37(9,10)27(26)23-43(28)33(47)30(35(3,4)5)41-34(48)42-38(18-14-13-15-19-38)24-51(49,50)36(6,7)8/h12,25-28,30H,2,11,13-24H2,1,3-10H3,(H,39,46)(H,40,45)(H2,41,42,48)/t25?,26-,27-,28-,30+/m0/s1. The first-order chi connectivity index (χ1) is 23.5. The first kappa shape index (κ1) is 42.5. The van der Waals surface area contributed by atoms with Crippen molar-refractivity contribution in [1.29, 1.82) is 0 Å². The maximum atomic E-state index is 14.6. The molecule has 3 fully saturated rings. The second kappa shape index (κ2) is 16.4. The van der Waals surface area contributed by atoms with Crippen molar-refractivity contribution in [3.63, 3.8) is 0 Å². The smallest absolute Gasteiger partial charge is 0.315 e. The Morgan fingerprint density at radius 3 is 2.14 bits per heavy atom. The SMILES string of the molecule is C=CCNC(=O)C(=O)C(CCC)CNC(=O)[C@@H]1[C@H]2CCC(C)(C)[C@H]2CN1C(=O)[C@@H](NC(=O)NC1(CS(=O)(=O)C(C)(C)C)CCCCC1)C(C)(C)C. The van der Waals surface area contributed by atoms with Crippen LogP contribution in [-0.4, -0.2) is 90.6 Å². The van der Waals surface area contributed by atoms with Crippen LogP contribution in [0.25, 0.3) is 0 Å². The van der Waals surface area contributed by atoms with Crippen molar-refractivity contribution in [3.05, 3.63) is 12.7 Å². The highest BCUT2D eigenvalue weighted by Crippen LogP contribution is 2.53. The molecule has 2 aliphatic carbocycles. The summed E-state index contributed by atoms with van der Waals surface area (Å²) in [7, 11) is -3.56. The Labute approximate surface area is 306 Å². The maximum Gasteiger partial charge on any atom is 0.315 e. The highest BCUT2D eigenvalue weighted by atomic mass is 32.2. The van der Waals surface area contributed by atoms with Crippen LogP contribution in [0.1, 0.15) is 120 Å². The van der Waals surface area contributed by atoms with Gasteiger partial charge in [0.15, 0.2) is 9.84 Å². The number of carbonyl (C=O) groups excluding carboxylic acids is 5. The minimum atomic E-state index is -3.56. The average molecular weight is 736 g/mol. The summed E-state index contributed by atoms with van der Waals surface area (Å²) in [6.07, 6.45) is 7.76. The number of carbonyl (C=O) groups is 5. The van der Waals surface area contributed by atoms with E-state index in [-0.39, 0.29) is 47.9 Å². The van der Waals surface area contributed by atoms with E-state index in [4.69, 9.17) is 0 Å². The molecule has 0 bridgehead atoms. The Hall–Kier alpha value is -2.96. The Morgan fingerprint density at radius 2 is 1.59 bits per heavy atom. The molecule has 0 spiro atoms. The lowest BCUT2D eigenvalue weighted by Gasteiger charge is -2.41. The quantitative estimate of drug-likeness (QED) is 0.152. The zero-order chi connectivity index (χ0) is 38.6. The number of nitrogens with one attached hydrogen (secondary N) is 4. The minimum Gasteiger partial charge on any atom is -0.354 e. The largest absolute Gasteiger partial charge is 0.354 e. The van der Waals surface area contributed by atoms with Gasteiger partial charge in [-0.2, -0.15) is 0 Å². The Balaban J connectivity index is 1.87. The molecule has 51 heavy (non-hydrogen) atoms. The van der Waals surface area contributed by atoms with E-state index in [1.807, 2.05) is 27.7 Å². The van der Waals surface area contributed by atoms with Crippen LogP contribution in [-0.2, 0) is 29.0 Å². The molecule has 2 saturated carbocycles. The van der Waals surface area contributed by atoms with Crippen molar-refractivity contribution in [2.75, 3.05) is 25.4 Å². The van der Waals surface area contributed by atoms with E-state index in [0.29, 0.717) is 32.2 Å². The van der Waals surface area contributed by atoms with Crippen molar-refractivity contribution in [1.82, 2.24) is 26.2 Å². The van der Waals surface area contributed by atoms with Gasteiger partial charge in [-0.05, 0) is 75.5 Å². The summed E-state index contributed by atoms with van der Waals surface area (Å²) >= 11 is 0. The van der Waals surface area contributed by atoms with Gasteiger partial charge in [0, 0.05) is 25.6 Å². The molecule has 1 unspecified atom stereocenters. The number of nitrogens with zero attached hydrogens (tertiary/aromatic N) is 1. The molecule has 0 radical (unpaired) electrons. The maximum absolute atomic E-state index is 14.6. The molecule has 1 heterocycles. The average Bonchev–Trinajstić information content (AvgIpc) is 3.55. The molecule has 0 aromatic rings. The molecule has 0 aromatic heterocycles. The summed E-state index contributed by atoms with van der Waals surface area (Å²) in [4.78, 5) is 69.6. The Bertz CT molecular complexity index is 1420. The molecule has 1 saturated heterocycles. The second-order valence-corrected chi connectivity index (χ2v) is 20.7. The summed E-state index contributed by atoms with van der Waals surface area (Å²) in [5, 5.41) is 11.4. The van der Waals surface area contributed by atoms with Crippen molar-refractivity contribution in [2.24, 2.45) is 28.6 Å². The predicted octanol–water partition coefficient (Wildman–Crippen LogP) is 4.28. The zero-order valence-corrected chi connectivity index (χ0v) is 33.4. The van der Waals surface area contributed by atoms with Crippen LogP contribution < -0.4 is 21.3 Å². The summed E-state index contributed by atoms with van der Waals surface area (Å²) in [6.45, 7) is 20.8. The molecule has 1 aliphatic heterocycles. The molecule has 3 aliphatic rings. The number of Topliss-reactive ketones (excluding diaryl/α,β-unsaturated/α-hetero) is 1. The summed E-state index contributed by atoms with van der Waals surface area (Å²) < 4.78 is 25.7. The fourth-order valence-electron chi connectivity index (χ4n) is 8.16. The summed E-state index contributed by atoms with van der Waals surface area (Å²) in [5.74, 6) is -3.04. The number of hydrogen-bond donors (Lipinski definition) is 4. The minimum absolute atomic E-state index is 0.0325. The van der Waals surface area contributed by atoms with Crippen LogP contribution in [0.3, 0.4) is 0 Å². The van der Waals surface area contributed by atoms with Crippen molar-refractivity contribution < 1.29 is 32.4 Å². The number of rotatable bonds is 14. The number of likely N-dealkylation sites (tertiary alicyclic amines) is 1. The van der Waals surface area contributed by atoms with Crippen LogP contribution >= 0.6 is 0 Å². The first-order valence-corrected chi connectivity index (χ1v) is 20.5. The Kier molecular flexibility index (Phi) is 13.6. The van der Waals surface area contributed by atoms with Gasteiger partial charge in [-0.3, -0.25) is 19.2 Å². The molecular weight excluding hydrogens is 671 g/mol. The monoisotopic (exact) mass is 735 g/mol. The van der Waals surface area contributed by atoms with E-state index in [1.54, 1.807) is 25.7 Å². The normalized spacial score (nSPS) is 24.1. The molecule has 5 atom stereocenters. The third-order valence-corrected chi connectivity index (χ3v) is 14.3. The van der Waals surface area contributed by atoms with Gasteiger partial charge in [0.1, 0.15) is 12.1 Å². The van der Waals surface area contributed by atoms with Crippen molar-refractivity contribution in [2.45, 2.75) is 142 Å². The number of hydrogen-bond acceptors (Lipinski definition) is 7. The van der Waals surface area contributed by atoms with Crippen molar-refractivity contribution in [3.8, 4) is 0 Å². The fourth-order valence-corrected chi connectivity index (χ4v) is 9.68. The molecule has 5 amide bonds. The highest BCUT2D eigenvalue weighted by Gasteiger charge is 2.57. The van der Waals surface area contributed by atoms with Gasteiger partial charge in [-0.15, -0.1) is 6.58 Å². The van der Waals surface area contributed by atoms with Crippen LogP contribution in [0, 0.1) is 28.6 Å². The number of amides is 5. The van der Waals surface area contributed by atoms with E-state index in [0.717, 1.165) is 32.1 Å². The van der Waals surface area contributed by atoms with E-state index >= 15 is 0 Å². The fraction of sp³-hybridized carbons (Fsp3) is 0.816. The van der Waals surface area contributed by atoms with Gasteiger partial charge in [-0.25, -0.2) is 13.2 Å². The van der Waals surface area contributed by atoms with E-state index in [9.17, 15) is 32.4 Å². The number of sulfone groups is 1. The summed E-state index contributed by atoms with van der Waals surface area (Å²) in [6, 6.07) is -2.43. The van der Waals surface area contributed by atoms with E-state index in [1.165, 1.54) is 6.08 Å². The van der Waals surface area contributed by atoms with E-state index in [2.05, 4.69) is 41.7 Å². The number of ketones is 1.